The molecule has 1 fully saturated rings. The quantitative estimate of drug-likeness (QED) is 0.556. The van der Waals surface area contributed by atoms with Crippen LogP contribution in [0.5, 0.6) is 0 Å². The average molecular weight is 385 g/mol. The first kappa shape index (κ1) is 16.9. The van der Waals surface area contributed by atoms with Crippen LogP contribution in [0.4, 0.5) is 0 Å². The van der Waals surface area contributed by atoms with Crippen molar-refractivity contribution < 1.29 is 23.7 Å². The smallest absolute Gasteiger partial charge is 0.184 e. The topological polar surface area (TPSA) is 46.2 Å². The summed E-state index contributed by atoms with van der Waals surface area (Å²) in [6.07, 6.45) is 2.13. The molecule has 0 aromatic heterocycles. The predicted molar refractivity (Wildman–Crippen MR) is 88.1 cm³/mol. The highest BCUT2D eigenvalue weighted by Crippen LogP contribution is 2.32. The Labute approximate surface area is 144 Å². The summed E-state index contributed by atoms with van der Waals surface area (Å²) in [5.41, 5.74) is 0.987. The maximum atomic E-state index is 6.12. The van der Waals surface area contributed by atoms with Crippen molar-refractivity contribution in [1.82, 2.24) is 0 Å². The molecule has 1 saturated heterocycles. The minimum Gasteiger partial charge on any atom is -0.493 e. The molecule has 0 spiro atoms. The molecule has 5 atom stereocenters. The Balaban J connectivity index is 1.69. The Morgan fingerprint density at radius 3 is 2.87 bits per heavy atom. The van der Waals surface area contributed by atoms with Crippen LogP contribution in [0.3, 0.4) is 0 Å². The van der Waals surface area contributed by atoms with E-state index in [1.807, 2.05) is 43.3 Å². The lowest BCUT2D eigenvalue weighted by molar-refractivity contribution is -0.292. The largest absolute Gasteiger partial charge is 0.493 e. The van der Waals surface area contributed by atoms with E-state index in [1.54, 1.807) is 6.26 Å². The maximum Gasteiger partial charge on any atom is 0.184 e. The lowest BCUT2D eigenvalue weighted by atomic mass is 10.0. The predicted octanol–water partition coefficient (Wildman–Crippen LogP) is 3.16. The van der Waals surface area contributed by atoms with Crippen molar-refractivity contribution in [2.45, 2.75) is 37.8 Å². The van der Waals surface area contributed by atoms with Crippen LogP contribution < -0.4 is 0 Å². The summed E-state index contributed by atoms with van der Waals surface area (Å²) in [7, 11) is 0. The fourth-order valence-corrected chi connectivity index (χ4v) is 3.01. The van der Waals surface area contributed by atoms with Gasteiger partial charge in [0.25, 0.3) is 0 Å². The van der Waals surface area contributed by atoms with Crippen molar-refractivity contribution in [3.63, 3.8) is 0 Å². The molecule has 0 radical (unpaired) electrons. The van der Waals surface area contributed by atoms with Crippen LogP contribution >= 0.6 is 15.9 Å². The van der Waals surface area contributed by atoms with Gasteiger partial charge >= 0.3 is 0 Å². The van der Waals surface area contributed by atoms with Gasteiger partial charge in [-0.1, -0.05) is 46.3 Å². The lowest BCUT2D eigenvalue weighted by Crippen LogP contribution is -2.51. The van der Waals surface area contributed by atoms with E-state index in [0.717, 1.165) is 5.56 Å². The summed E-state index contributed by atoms with van der Waals surface area (Å²) >= 11 is 3.41. The highest BCUT2D eigenvalue weighted by Gasteiger charge is 2.41. The van der Waals surface area contributed by atoms with Crippen molar-refractivity contribution >= 4 is 15.9 Å². The van der Waals surface area contributed by atoms with Crippen molar-refractivity contribution in [3.05, 3.63) is 48.2 Å². The molecule has 0 amide bonds. The van der Waals surface area contributed by atoms with Gasteiger partial charge in [-0.2, -0.15) is 0 Å². The number of ether oxygens (including phenoxy) is 5. The van der Waals surface area contributed by atoms with Crippen LogP contribution in [-0.2, 0) is 23.7 Å². The molecule has 2 heterocycles. The fourth-order valence-electron chi connectivity index (χ4n) is 2.67. The minimum atomic E-state index is -0.409. The van der Waals surface area contributed by atoms with E-state index in [1.165, 1.54) is 0 Å². The summed E-state index contributed by atoms with van der Waals surface area (Å²) < 4.78 is 29.1. The number of hydrogen-bond acceptors (Lipinski definition) is 5. The van der Waals surface area contributed by atoms with Crippen LogP contribution in [0.15, 0.2) is 42.7 Å². The Kier molecular flexibility index (Phi) is 6.08. The number of benzene rings is 1. The van der Waals surface area contributed by atoms with Gasteiger partial charge in [0.2, 0.25) is 0 Å². The Morgan fingerprint density at radius 2 is 2.13 bits per heavy atom. The first-order valence-electron chi connectivity index (χ1n) is 7.79. The number of halogens is 1. The maximum absolute atomic E-state index is 6.12. The van der Waals surface area contributed by atoms with Crippen LogP contribution in [0.1, 0.15) is 18.8 Å². The van der Waals surface area contributed by atoms with Gasteiger partial charge in [-0.25, -0.2) is 0 Å². The van der Waals surface area contributed by atoms with Gasteiger partial charge in [0.15, 0.2) is 18.7 Å². The van der Waals surface area contributed by atoms with E-state index in [0.29, 0.717) is 18.5 Å². The first-order valence-corrected chi connectivity index (χ1v) is 8.91. The second kappa shape index (κ2) is 8.26. The third-order valence-electron chi connectivity index (χ3n) is 3.76. The van der Waals surface area contributed by atoms with Gasteiger partial charge in [0.1, 0.15) is 12.2 Å². The Bertz CT molecular complexity index is 509. The summed E-state index contributed by atoms with van der Waals surface area (Å²) in [6.45, 7) is 2.99. The molecule has 1 aromatic carbocycles. The van der Waals surface area contributed by atoms with Crippen LogP contribution in [-0.4, -0.2) is 43.1 Å². The molecule has 0 bridgehead atoms. The van der Waals surface area contributed by atoms with Crippen LogP contribution in [0.25, 0.3) is 0 Å². The van der Waals surface area contributed by atoms with Gasteiger partial charge in [-0.15, -0.1) is 0 Å². The molecular weight excluding hydrogens is 364 g/mol. The van der Waals surface area contributed by atoms with Crippen LogP contribution in [0, 0.1) is 0 Å². The second-order valence-corrected chi connectivity index (χ2v) is 5.97. The summed E-state index contributed by atoms with van der Waals surface area (Å²) in [4.78, 5) is 0. The molecule has 0 saturated carbocycles. The van der Waals surface area contributed by atoms with E-state index in [9.17, 15) is 0 Å². The molecule has 2 aliphatic heterocycles. The van der Waals surface area contributed by atoms with Crippen LogP contribution in [0.2, 0.25) is 0 Å². The highest BCUT2D eigenvalue weighted by molar-refractivity contribution is 9.09. The number of fused-ring (bicyclic) bond motifs is 1. The molecule has 0 N–H and O–H groups in total. The molecule has 1 aromatic rings. The number of alkyl halides is 1. The fraction of sp³-hybridized carbons (Fsp3) is 0.529. The third-order valence-corrected chi connectivity index (χ3v) is 4.29. The molecule has 23 heavy (non-hydrogen) atoms. The van der Waals surface area contributed by atoms with E-state index in [-0.39, 0.29) is 24.6 Å². The second-order valence-electron chi connectivity index (χ2n) is 5.32. The van der Waals surface area contributed by atoms with Gasteiger partial charge in [0, 0.05) is 12.2 Å². The Hall–Kier alpha value is -0.920. The average Bonchev–Trinajstić information content (AvgIpc) is 2.62. The van der Waals surface area contributed by atoms with Crippen molar-refractivity contribution in [2.24, 2.45) is 0 Å². The molecular formula is C17H21BrO5. The lowest BCUT2D eigenvalue weighted by Gasteiger charge is -2.41. The molecule has 2 aliphatic rings. The van der Waals surface area contributed by atoms with Crippen molar-refractivity contribution in [1.29, 1.82) is 0 Å². The zero-order chi connectivity index (χ0) is 16.1. The zero-order valence-corrected chi connectivity index (χ0v) is 14.6. The normalized spacial score (nSPS) is 31.2. The zero-order valence-electron chi connectivity index (χ0n) is 13.0. The Morgan fingerprint density at radius 1 is 1.30 bits per heavy atom. The van der Waals surface area contributed by atoms with Gasteiger partial charge < -0.3 is 23.7 Å². The monoisotopic (exact) mass is 384 g/mol. The summed E-state index contributed by atoms with van der Waals surface area (Å²) in [5, 5.41) is 0.599. The SMILES string of the molecule is CCO[C@H](CBr)O[C@H]1C=CO[C@@H]2CO[C@@H](c3ccccc3)O[C@@H]12. The summed E-state index contributed by atoms with van der Waals surface area (Å²) in [6, 6.07) is 9.88. The molecule has 6 heteroatoms. The first-order chi connectivity index (χ1) is 11.3. The highest BCUT2D eigenvalue weighted by atomic mass is 79.9. The van der Waals surface area contributed by atoms with E-state index >= 15 is 0 Å². The molecule has 126 valence electrons. The number of hydrogen-bond donors (Lipinski definition) is 0. The van der Waals surface area contributed by atoms with Gasteiger partial charge in [0.05, 0.1) is 18.2 Å². The van der Waals surface area contributed by atoms with Crippen molar-refractivity contribution in [3.8, 4) is 0 Å². The minimum absolute atomic E-state index is 0.178. The van der Waals surface area contributed by atoms with Crippen molar-refractivity contribution in [2.75, 3.05) is 18.5 Å². The molecule has 5 nitrogen and oxygen atoms in total. The number of rotatable bonds is 6. The van der Waals surface area contributed by atoms with Gasteiger partial charge in [-0.3, -0.25) is 0 Å². The van der Waals surface area contributed by atoms with E-state index in [2.05, 4.69) is 15.9 Å². The van der Waals surface area contributed by atoms with E-state index in [4.69, 9.17) is 23.7 Å². The van der Waals surface area contributed by atoms with E-state index < -0.39 is 6.29 Å². The molecule has 0 aliphatic carbocycles. The van der Waals surface area contributed by atoms with Gasteiger partial charge in [-0.05, 0) is 13.0 Å². The summed E-state index contributed by atoms with van der Waals surface area (Å²) in [5.74, 6) is 0. The molecule has 3 rings (SSSR count). The molecule has 0 unspecified atom stereocenters. The third kappa shape index (κ3) is 4.14. The standard InChI is InChI=1S/C17H21BrO5/c1-2-19-15(10-18)22-13-8-9-20-14-11-21-17(23-16(13)14)12-6-4-3-5-7-12/h3-9,13-17H,2,10-11H2,1H3/t13-,14+,15-,16-,17+/m0/s1.